The molecule has 4 bridgehead atoms. The standard InChI is InChI=1S/C58H80Cl2N10O18S/c1-31(2)49(67-54(89)63-20-22-84-24-23-83-21-18-47(74)88-70-44(71)16-17-45(70)72)52(76)65-38(12-10-19-62-53(61)77)51(75)64-35-14-15-37(36(59)28-35)66-55(78)86-43-29-46(73)69(6)39-26-34(27-40(81-7)48(39)60)25-32(3)11-9-13-42(82-8)58(80)30-41(85-56(79)68-58)33(4)50-57(43,5)87-50/h9,11,13-15,26-28,31,33,38,41-43,49-50,56,68,79-80H,10,12,16-25,29-30H2,1-8H3,(H,64,75)(H,65,76)(H,66,78)(H3,61,62,77)(H2,63,67,89)/b13-9+,32-11+/t33-,38+,41+,42-,43+,49+,50+,56?,57+,58+/m1/s1. The third-order valence-electron chi connectivity index (χ3n) is 15.2. The molecule has 4 aliphatic heterocycles. The lowest BCUT2D eigenvalue weighted by Crippen LogP contribution is -2.65. The number of anilines is 3. The lowest BCUT2D eigenvalue weighted by atomic mass is 9.83. The van der Waals surface area contributed by atoms with Gasteiger partial charge in [0.25, 0.3) is 11.8 Å². The van der Waals surface area contributed by atoms with Crippen LogP contribution < -0.4 is 52.6 Å². The molecule has 3 fully saturated rings. The number of hydrogen-bond donors (Lipinski definition) is 10. The second-order valence-electron chi connectivity index (χ2n) is 22.2. The van der Waals surface area contributed by atoms with Gasteiger partial charge in [-0.1, -0.05) is 67.8 Å². The number of fused-ring (bicyclic) bond motifs is 5. The molecule has 1 unspecified atom stereocenters. The molecule has 8 amide bonds. The SMILES string of the molecule is COc1cc2cc(c1Cl)N(C)C(=O)C[C@H](OC(=O)Nc1ccc(NC(=O)[C@H](CCCNC(N)=O)NC(=O)[C@@H](NC(=S)NCCOCCOCCC(=O)ON3C(=O)CCC3=O)C(C)C)cc1Cl)[C@]1(C)O[C@H]1[C@H](C)[C@@H]1C[C@@](O)(NC(O)O1)[C@H](OC)/C=C/C=C(\C)C2. The molecule has 31 heteroatoms. The summed E-state index contributed by atoms with van der Waals surface area (Å²) in [7, 11) is 4.41. The molecule has 0 saturated carbocycles. The third kappa shape index (κ3) is 20.1. The summed E-state index contributed by atoms with van der Waals surface area (Å²) in [5.74, 6) is -4.30. The van der Waals surface area contributed by atoms with E-state index in [1.807, 2.05) is 13.0 Å². The number of primary amides is 1. The number of aliphatic hydroxyl groups is 2. The first-order valence-corrected chi connectivity index (χ1v) is 30.0. The molecule has 0 aliphatic carbocycles. The number of urea groups is 1. The Bertz CT molecular complexity index is 2960. The molecule has 11 N–H and O–H groups in total. The second kappa shape index (κ2) is 32.8. The predicted octanol–water partition coefficient (Wildman–Crippen LogP) is 3.57. The van der Waals surface area contributed by atoms with E-state index in [4.69, 9.17) is 79.1 Å². The number of hydroxylamine groups is 2. The first kappa shape index (κ1) is 71.3. The van der Waals surface area contributed by atoms with Gasteiger partial charge in [-0.15, -0.1) is 5.06 Å². The van der Waals surface area contributed by atoms with Crippen LogP contribution in [0.15, 0.2) is 54.1 Å². The molecule has 0 radical (unpaired) electrons. The number of allylic oxidation sites excluding steroid dienone is 3. The summed E-state index contributed by atoms with van der Waals surface area (Å²) in [6.45, 7) is 9.67. The van der Waals surface area contributed by atoms with Crippen LogP contribution >= 0.6 is 35.4 Å². The molecule has 10 atom stereocenters. The number of carbonyl (C=O) groups is 8. The number of nitrogens with zero attached hydrogens (tertiary/aromatic N) is 2. The van der Waals surface area contributed by atoms with Gasteiger partial charge < -0.3 is 85.4 Å². The van der Waals surface area contributed by atoms with Gasteiger partial charge in [0.15, 0.2) is 10.8 Å². The van der Waals surface area contributed by atoms with Crippen LogP contribution in [0, 0.1) is 11.8 Å². The van der Waals surface area contributed by atoms with Crippen molar-refractivity contribution in [3.05, 3.63) is 69.7 Å². The number of nitrogens with one attached hydrogen (secondary N) is 7. The number of halogens is 2. The maximum atomic E-state index is 14.5. The smallest absolute Gasteiger partial charge is 0.412 e. The normalized spacial score (nSPS) is 25.3. The van der Waals surface area contributed by atoms with Gasteiger partial charge in [0.05, 0.1) is 75.0 Å². The van der Waals surface area contributed by atoms with Crippen LogP contribution in [0.2, 0.25) is 10.0 Å². The number of aliphatic hydroxyl groups excluding tert-OH is 1. The van der Waals surface area contributed by atoms with Crippen LogP contribution in [0.3, 0.4) is 0 Å². The van der Waals surface area contributed by atoms with E-state index in [2.05, 4.69) is 37.2 Å². The number of imide groups is 1. The van der Waals surface area contributed by atoms with Crippen molar-refractivity contribution in [1.29, 1.82) is 0 Å². The highest BCUT2D eigenvalue weighted by Gasteiger charge is 2.64. The zero-order chi connectivity index (χ0) is 65.3. The fourth-order valence-corrected chi connectivity index (χ4v) is 11.0. The number of nitrogens with two attached hydrogens (primary N) is 1. The van der Waals surface area contributed by atoms with E-state index in [1.54, 1.807) is 52.0 Å². The number of hydrogen-bond acceptors (Lipinski definition) is 20. The van der Waals surface area contributed by atoms with Crippen molar-refractivity contribution in [2.45, 2.75) is 140 Å². The van der Waals surface area contributed by atoms with Gasteiger partial charge in [0.2, 0.25) is 24.1 Å². The van der Waals surface area contributed by atoms with Crippen molar-refractivity contribution >= 4 is 105 Å². The van der Waals surface area contributed by atoms with Crippen LogP contribution in [-0.2, 0) is 68.4 Å². The van der Waals surface area contributed by atoms with Gasteiger partial charge in [-0.05, 0) is 87.1 Å². The molecule has 490 valence electrons. The van der Waals surface area contributed by atoms with E-state index in [0.29, 0.717) is 22.9 Å². The van der Waals surface area contributed by atoms with E-state index >= 15 is 0 Å². The van der Waals surface area contributed by atoms with Gasteiger partial charge >= 0.3 is 18.1 Å². The maximum Gasteiger partial charge on any atom is 0.412 e. The third-order valence-corrected chi connectivity index (χ3v) is 16.1. The fourth-order valence-electron chi connectivity index (χ4n) is 10.2. The number of amides is 8. The van der Waals surface area contributed by atoms with Crippen LogP contribution in [0.5, 0.6) is 5.75 Å². The van der Waals surface area contributed by atoms with Crippen LogP contribution in [0.25, 0.3) is 0 Å². The van der Waals surface area contributed by atoms with Crippen molar-refractivity contribution in [2.24, 2.45) is 17.6 Å². The summed E-state index contributed by atoms with van der Waals surface area (Å²) < 4.78 is 40.6. The average molecular weight is 1310 g/mol. The topological polar surface area (TPSA) is 371 Å². The zero-order valence-corrected chi connectivity index (χ0v) is 53.1. The number of benzene rings is 2. The Kier molecular flexibility index (Phi) is 26.3. The number of ether oxygens (including phenoxy) is 7. The predicted molar refractivity (Wildman–Crippen MR) is 328 cm³/mol. The number of thiocarbonyl (C=S) groups is 1. The molecule has 2 aromatic rings. The van der Waals surface area contributed by atoms with Crippen LogP contribution in [0.4, 0.5) is 26.7 Å². The molecule has 0 aromatic heterocycles. The summed E-state index contributed by atoms with van der Waals surface area (Å²) in [5.41, 5.74) is 4.28. The average Bonchev–Trinajstić information content (AvgIpc) is 1.59. The van der Waals surface area contributed by atoms with Crippen molar-refractivity contribution in [3.63, 3.8) is 0 Å². The zero-order valence-electron chi connectivity index (χ0n) is 50.8. The summed E-state index contributed by atoms with van der Waals surface area (Å²) >= 11 is 19.1. The Morgan fingerprint density at radius 3 is 2.31 bits per heavy atom. The molecular weight excluding hydrogens is 1230 g/mol. The number of epoxide rings is 1. The van der Waals surface area contributed by atoms with Crippen molar-refractivity contribution in [3.8, 4) is 5.75 Å². The van der Waals surface area contributed by atoms with Crippen LogP contribution in [-0.4, -0.2) is 183 Å². The molecule has 0 spiro atoms. The Balaban J connectivity index is 1.09. The highest BCUT2D eigenvalue weighted by molar-refractivity contribution is 7.80. The van der Waals surface area contributed by atoms with Gasteiger partial charge in [0.1, 0.15) is 40.7 Å². The highest BCUT2D eigenvalue weighted by Crippen LogP contribution is 2.49. The van der Waals surface area contributed by atoms with Gasteiger partial charge in [-0.3, -0.25) is 29.3 Å². The van der Waals surface area contributed by atoms with E-state index in [0.717, 1.165) is 11.1 Å². The lowest BCUT2D eigenvalue weighted by Gasteiger charge is -2.44. The minimum atomic E-state index is -1.82. The largest absolute Gasteiger partial charge is 0.495 e. The van der Waals surface area contributed by atoms with Gasteiger partial charge in [-0.25, -0.2) is 19.7 Å². The Morgan fingerprint density at radius 2 is 1.65 bits per heavy atom. The Labute approximate surface area is 530 Å². The molecule has 6 rings (SSSR count). The monoisotopic (exact) mass is 1310 g/mol. The lowest BCUT2D eigenvalue weighted by molar-refractivity contribution is -0.271. The minimum absolute atomic E-state index is 0.0111. The van der Waals surface area contributed by atoms with Gasteiger partial charge in [0, 0.05) is 58.1 Å². The molecule has 4 aliphatic rings. The first-order valence-electron chi connectivity index (χ1n) is 28.9. The van der Waals surface area contributed by atoms with E-state index in [1.165, 1.54) is 44.4 Å². The number of rotatable bonds is 24. The molecule has 28 nitrogen and oxygen atoms in total. The maximum absolute atomic E-state index is 14.5. The number of carbonyl (C=O) groups excluding carboxylic acids is 8. The van der Waals surface area contributed by atoms with Crippen molar-refractivity contribution in [2.75, 3.05) is 76.3 Å². The molecule has 3 saturated heterocycles. The first-order chi connectivity index (χ1) is 42.2. The van der Waals surface area contributed by atoms with E-state index < -0.39 is 114 Å². The molecule has 89 heavy (non-hydrogen) atoms. The Morgan fingerprint density at radius 1 is 0.944 bits per heavy atom. The fraction of sp³-hybridized carbons (Fsp3) is 0.569. The number of methoxy groups -OCH3 is 2. The van der Waals surface area contributed by atoms with Crippen molar-refractivity contribution < 1.29 is 86.6 Å². The molecule has 2 aromatic carbocycles. The second-order valence-corrected chi connectivity index (χ2v) is 23.4. The molecular formula is C58H80Cl2N10O18S. The van der Waals surface area contributed by atoms with E-state index in [-0.39, 0.29) is 110 Å². The summed E-state index contributed by atoms with van der Waals surface area (Å²) in [5, 5.41) is 42.8. The summed E-state index contributed by atoms with van der Waals surface area (Å²) in [4.78, 5) is 109. The van der Waals surface area contributed by atoms with Gasteiger partial charge in [-0.2, -0.15) is 0 Å². The van der Waals surface area contributed by atoms with E-state index in [9.17, 15) is 48.6 Å². The van der Waals surface area contributed by atoms with Crippen LogP contribution in [0.1, 0.15) is 85.1 Å². The minimum Gasteiger partial charge on any atom is -0.495 e. The highest BCUT2D eigenvalue weighted by atomic mass is 35.5. The van der Waals surface area contributed by atoms with Crippen molar-refractivity contribution in [1.82, 2.24) is 31.6 Å². The quantitative estimate of drug-likeness (QED) is 0.0311. The summed E-state index contributed by atoms with van der Waals surface area (Å²) in [6.07, 6.45) is -1.28. The Hall–Kier alpha value is -6.77. The molecule has 4 heterocycles. The summed E-state index contributed by atoms with van der Waals surface area (Å²) in [6, 6.07) is 4.84.